The lowest BCUT2D eigenvalue weighted by molar-refractivity contribution is -0.224. The zero-order valence-electron chi connectivity index (χ0n) is 7.82. The summed E-state index contributed by atoms with van der Waals surface area (Å²) >= 11 is 0. The van der Waals surface area contributed by atoms with Crippen molar-refractivity contribution in [1.29, 1.82) is 0 Å². The van der Waals surface area contributed by atoms with E-state index in [4.69, 9.17) is 22.8 Å². The molecule has 1 aliphatic rings. The van der Waals surface area contributed by atoms with Crippen LogP contribution in [0, 0.1) is 31.1 Å². The van der Waals surface area contributed by atoms with Crippen molar-refractivity contribution < 1.29 is 9.47 Å². The van der Waals surface area contributed by atoms with Crippen LogP contribution in [-0.2, 0) is 9.47 Å². The molecule has 2 radical (unpaired) electrons. The van der Waals surface area contributed by atoms with Gasteiger partial charge in [-0.15, -0.1) is 6.42 Å². The van der Waals surface area contributed by atoms with Gasteiger partial charge in [-0.2, -0.15) is 0 Å². The van der Waals surface area contributed by atoms with Crippen molar-refractivity contribution in [3.63, 3.8) is 0 Å². The number of rotatable bonds is 2. The van der Waals surface area contributed by atoms with E-state index in [1.54, 1.807) is 0 Å². The van der Waals surface area contributed by atoms with E-state index in [1.807, 2.05) is 6.92 Å². The molecule has 70 valence electrons. The molecular formula is C11H14O2. The summed E-state index contributed by atoms with van der Waals surface area (Å²) in [5, 5.41) is 0. The van der Waals surface area contributed by atoms with E-state index < -0.39 is 5.79 Å². The molecular weight excluding hydrogens is 164 g/mol. The van der Waals surface area contributed by atoms with Gasteiger partial charge in [0.2, 0.25) is 0 Å². The largest absolute Gasteiger partial charge is 0.336 e. The van der Waals surface area contributed by atoms with Crippen molar-refractivity contribution in [2.75, 3.05) is 13.2 Å². The van der Waals surface area contributed by atoms with Crippen LogP contribution in [0.15, 0.2) is 12.7 Å². The molecule has 0 bridgehead atoms. The topological polar surface area (TPSA) is 18.5 Å². The van der Waals surface area contributed by atoms with E-state index in [1.165, 1.54) is 6.08 Å². The van der Waals surface area contributed by atoms with Gasteiger partial charge in [0.15, 0.2) is 0 Å². The molecule has 1 rings (SSSR count). The zero-order valence-corrected chi connectivity index (χ0v) is 7.82. The number of ether oxygens (including phenoxy) is 2. The van der Waals surface area contributed by atoms with Crippen LogP contribution in [0.5, 0.6) is 0 Å². The Labute approximate surface area is 79.9 Å². The molecule has 0 aromatic rings. The predicted octanol–water partition coefficient (Wildman–Crippen LogP) is 1.51. The molecule has 2 nitrogen and oxygen atoms in total. The Morgan fingerprint density at radius 3 is 2.46 bits per heavy atom. The monoisotopic (exact) mass is 178 g/mol. The lowest BCUT2D eigenvalue weighted by atomic mass is 9.96. The Kier molecular flexibility index (Phi) is 3.13. The van der Waals surface area contributed by atoms with Crippen LogP contribution < -0.4 is 0 Å². The second-order valence-electron chi connectivity index (χ2n) is 3.26. The Bertz CT molecular complexity index is 217. The van der Waals surface area contributed by atoms with Crippen LogP contribution in [-0.4, -0.2) is 19.0 Å². The highest BCUT2D eigenvalue weighted by molar-refractivity contribution is 5.13. The first kappa shape index (κ1) is 10.3. The van der Waals surface area contributed by atoms with Crippen molar-refractivity contribution in [2.24, 2.45) is 11.8 Å². The Balaban J connectivity index is 2.56. The fraction of sp³-hybridized carbons (Fsp3) is 0.545. The van der Waals surface area contributed by atoms with Crippen molar-refractivity contribution in [1.82, 2.24) is 0 Å². The van der Waals surface area contributed by atoms with Crippen molar-refractivity contribution in [2.45, 2.75) is 12.7 Å². The van der Waals surface area contributed by atoms with Crippen molar-refractivity contribution in [3.05, 3.63) is 19.6 Å². The van der Waals surface area contributed by atoms with Gasteiger partial charge in [0.1, 0.15) is 0 Å². The average Bonchev–Trinajstić information content (AvgIpc) is 2.18. The summed E-state index contributed by atoms with van der Waals surface area (Å²) in [6, 6.07) is 0. The highest BCUT2D eigenvalue weighted by Crippen LogP contribution is 2.25. The smallest absolute Gasteiger partial charge is 0.253 e. The second-order valence-corrected chi connectivity index (χ2v) is 3.26. The first-order valence-corrected chi connectivity index (χ1v) is 4.28. The van der Waals surface area contributed by atoms with Gasteiger partial charge in [-0.25, -0.2) is 0 Å². The molecule has 1 aliphatic heterocycles. The average molecular weight is 178 g/mol. The summed E-state index contributed by atoms with van der Waals surface area (Å²) in [6.45, 7) is 12.2. The van der Waals surface area contributed by atoms with Crippen LogP contribution in [0.1, 0.15) is 6.92 Å². The molecule has 1 fully saturated rings. The summed E-state index contributed by atoms with van der Waals surface area (Å²) in [5.41, 5.74) is 0. The third-order valence-electron chi connectivity index (χ3n) is 2.24. The molecule has 1 saturated heterocycles. The molecule has 1 atom stereocenters. The second kappa shape index (κ2) is 3.95. The lowest BCUT2D eigenvalue weighted by Crippen LogP contribution is -2.42. The molecule has 0 amide bonds. The van der Waals surface area contributed by atoms with E-state index in [0.29, 0.717) is 13.2 Å². The van der Waals surface area contributed by atoms with E-state index in [0.717, 1.165) is 0 Å². The first-order valence-electron chi connectivity index (χ1n) is 4.28. The van der Waals surface area contributed by atoms with Crippen LogP contribution >= 0.6 is 0 Å². The van der Waals surface area contributed by atoms with Crippen LogP contribution in [0.25, 0.3) is 0 Å². The quantitative estimate of drug-likeness (QED) is 0.471. The molecule has 1 unspecified atom stereocenters. The Hall–Kier alpha value is -0.780. The normalized spacial score (nSPS) is 34.2. The van der Waals surface area contributed by atoms with Gasteiger partial charge in [0.05, 0.1) is 13.2 Å². The summed E-state index contributed by atoms with van der Waals surface area (Å²) in [6.07, 6.45) is 6.76. The fourth-order valence-electron chi connectivity index (χ4n) is 1.12. The maximum Gasteiger partial charge on any atom is 0.253 e. The van der Waals surface area contributed by atoms with Crippen LogP contribution in [0.3, 0.4) is 0 Å². The fourth-order valence-corrected chi connectivity index (χ4v) is 1.12. The number of terminal acetylenes is 1. The van der Waals surface area contributed by atoms with Crippen molar-refractivity contribution >= 4 is 0 Å². The van der Waals surface area contributed by atoms with Gasteiger partial charge in [0.25, 0.3) is 5.79 Å². The minimum Gasteiger partial charge on any atom is -0.336 e. The highest BCUT2D eigenvalue weighted by atomic mass is 16.7. The SMILES string of the molecule is [CH]C(C)C1COC(C#C)(C=C)OC1. The summed E-state index contributed by atoms with van der Waals surface area (Å²) in [7, 11) is 0. The molecule has 0 aromatic carbocycles. The molecule has 13 heavy (non-hydrogen) atoms. The van der Waals surface area contributed by atoms with Gasteiger partial charge < -0.3 is 9.47 Å². The third-order valence-corrected chi connectivity index (χ3v) is 2.24. The number of hydrogen-bond acceptors (Lipinski definition) is 2. The van der Waals surface area contributed by atoms with Gasteiger partial charge in [0, 0.05) is 5.92 Å². The first-order chi connectivity index (χ1) is 6.13. The molecule has 2 heteroatoms. The standard InChI is InChI=1S/C11H14O2/c1-5-11(6-2)12-7-10(8-13-11)9(3)4/h1,3,6,9-10H,2,7-8H2,4H3. The Morgan fingerprint density at radius 2 is 2.15 bits per heavy atom. The third kappa shape index (κ3) is 2.12. The van der Waals surface area contributed by atoms with Crippen LogP contribution in [0.2, 0.25) is 0 Å². The highest BCUT2D eigenvalue weighted by Gasteiger charge is 2.33. The van der Waals surface area contributed by atoms with Gasteiger partial charge in [-0.05, 0) is 24.8 Å². The molecule has 0 spiro atoms. The van der Waals surface area contributed by atoms with E-state index in [-0.39, 0.29) is 11.8 Å². The summed E-state index contributed by atoms with van der Waals surface area (Å²) in [5.74, 6) is 1.65. The van der Waals surface area contributed by atoms with Gasteiger partial charge in [-0.1, -0.05) is 13.5 Å². The minimum absolute atomic E-state index is 0.0561. The molecule has 0 saturated carbocycles. The maximum atomic E-state index is 5.70. The van der Waals surface area contributed by atoms with E-state index in [9.17, 15) is 0 Å². The van der Waals surface area contributed by atoms with E-state index in [2.05, 4.69) is 12.5 Å². The molecule has 0 aliphatic carbocycles. The van der Waals surface area contributed by atoms with Gasteiger partial charge >= 0.3 is 0 Å². The Morgan fingerprint density at radius 1 is 1.62 bits per heavy atom. The summed E-state index contributed by atoms with van der Waals surface area (Å²) < 4.78 is 10.8. The lowest BCUT2D eigenvalue weighted by Gasteiger charge is -2.35. The molecule has 0 aromatic heterocycles. The molecule has 0 N–H and O–H groups in total. The minimum atomic E-state index is -1.04. The molecule has 1 heterocycles. The summed E-state index contributed by atoms with van der Waals surface area (Å²) in [4.78, 5) is 0. The number of hydrogen-bond donors (Lipinski definition) is 0. The van der Waals surface area contributed by atoms with Crippen molar-refractivity contribution in [3.8, 4) is 12.3 Å². The van der Waals surface area contributed by atoms with Gasteiger partial charge in [-0.3, -0.25) is 0 Å². The maximum absolute atomic E-state index is 5.70. The predicted molar refractivity (Wildman–Crippen MR) is 50.6 cm³/mol. The van der Waals surface area contributed by atoms with E-state index >= 15 is 0 Å². The van der Waals surface area contributed by atoms with Crippen LogP contribution in [0.4, 0.5) is 0 Å². The zero-order chi connectivity index (χ0) is 9.90.